The zero-order chi connectivity index (χ0) is 31.5. The molecule has 1 N–H and O–H groups in total. The molecule has 0 aliphatic heterocycles. The smallest absolute Gasteiger partial charge is 0.143 e. The van der Waals surface area contributed by atoms with Crippen LogP contribution in [0.2, 0.25) is 0 Å². The Hall–Kier alpha value is -6.12. The number of hydrogen-bond acceptors (Lipinski definition) is 2. The number of rotatable bonds is 4. The minimum Gasteiger partial charge on any atom is -0.507 e. The Morgan fingerprint density at radius 1 is 0.426 bits per heavy atom. The lowest BCUT2D eigenvalue weighted by molar-refractivity contribution is 0.477. The molecular formula is C45H30O2. The maximum Gasteiger partial charge on any atom is 0.143 e. The van der Waals surface area contributed by atoms with Crippen LogP contribution in [0.3, 0.4) is 0 Å². The molecule has 0 atom stereocenters. The molecule has 0 saturated heterocycles. The molecule has 0 amide bonds. The van der Waals surface area contributed by atoms with Crippen molar-refractivity contribution in [1.29, 1.82) is 0 Å². The Kier molecular flexibility index (Phi) is 6.22. The number of furan rings is 1. The van der Waals surface area contributed by atoms with E-state index in [0.717, 1.165) is 60.5 Å². The van der Waals surface area contributed by atoms with Gasteiger partial charge in [0.2, 0.25) is 0 Å². The molecule has 0 aliphatic rings. The highest BCUT2D eigenvalue weighted by atomic mass is 16.3. The van der Waals surface area contributed by atoms with Crippen molar-refractivity contribution >= 4 is 43.5 Å². The molecule has 1 aromatic heterocycles. The zero-order valence-corrected chi connectivity index (χ0v) is 25.9. The van der Waals surface area contributed by atoms with Crippen molar-refractivity contribution in [2.24, 2.45) is 0 Å². The molecule has 47 heavy (non-hydrogen) atoms. The average Bonchev–Trinajstić information content (AvgIpc) is 3.52. The van der Waals surface area contributed by atoms with Crippen molar-refractivity contribution in [2.75, 3.05) is 0 Å². The standard InChI is InChI=1S/C45H30O2/c1-28-38(31-18-11-13-25-40(31)46)27-39(45-42(28)37-24-12-14-26-41(37)47-45)44-35-22-9-7-20-33(35)43(34-21-8-10-23-36(34)44)32-19-6-5-17-30(32)29-15-3-2-4-16-29/h2-27,46H,1H3. The van der Waals surface area contributed by atoms with Gasteiger partial charge in [0.1, 0.15) is 16.9 Å². The molecule has 0 spiro atoms. The van der Waals surface area contributed by atoms with Gasteiger partial charge < -0.3 is 9.52 Å². The van der Waals surface area contributed by atoms with E-state index in [1.54, 1.807) is 6.07 Å². The van der Waals surface area contributed by atoms with Gasteiger partial charge in [-0.2, -0.15) is 0 Å². The molecule has 222 valence electrons. The molecule has 2 heteroatoms. The Labute approximate surface area is 272 Å². The highest BCUT2D eigenvalue weighted by molar-refractivity contribution is 6.25. The van der Waals surface area contributed by atoms with Gasteiger partial charge in [-0.25, -0.2) is 0 Å². The van der Waals surface area contributed by atoms with Gasteiger partial charge in [0, 0.05) is 27.5 Å². The molecule has 0 fully saturated rings. The van der Waals surface area contributed by atoms with Crippen LogP contribution >= 0.6 is 0 Å². The fraction of sp³-hybridized carbons (Fsp3) is 0.0222. The molecule has 2 nitrogen and oxygen atoms in total. The van der Waals surface area contributed by atoms with Crippen LogP contribution in [0.5, 0.6) is 5.75 Å². The summed E-state index contributed by atoms with van der Waals surface area (Å²) in [6.07, 6.45) is 0. The molecule has 0 saturated carbocycles. The topological polar surface area (TPSA) is 33.4 Å². The molecule has 1 heterocycles. The first-order valence-electron chi connectivity index (χ1n) is 16.0. The second kappa shape index (κ2) is 10.8. The Morgan fingerprint density at radius 3 is 1.55 bits per heavy atom. The number of aryl methyl sites for hydroxylation is 1. The Morgan fingerprint density at radius 2 is 0.915 bits per heavy atom. The summed E-state index contributed by atoms with van der Waals surface area (Å²) >= 11 is 0. The fourth-order valence-corrected chi connectivity index (χ4v) is 7.51. The summed E-state index contributed by atoms with van der Waals surface area (Å²) in [5.74, 6) is 0.260. The predicted octanol–water partition coefficient (Wildman–Crippen LogP) is 12.6. The van der Waals surface area contributed by atoms with Gasteiger partial charge in [0.25, 0.3) is 0 Å². The van der Waals surface area contributed by atoms with Crippen LogP contribution in [-0.4, -0.2) is 5.11 Å². The van der Waals surface area contributed by atoms with Gasteiger partial charge in [-0.1, -0.05) is 140 Å². The molecular weight excluding hydrogens is 572 g/mol. The summed E-state index contributed by atoms with van der Waals surface area (Å²) < 4.78 is 6.77. The van der Waals surface area contributed by atoms with Crippen LogP contribution < -0.4 is 0 Å². The maximum atomic E-state index is 11.1. The van der Waals surface area contributed by atoms with Crippen molar-refractivity contribution in [3.8, 4) is 50.3 Å². The van der Waals surface area contributed by atoms with E-state index < -0.39 is 0 Å². The highest BCUT2D eigenvalue weighted by Gasteiger charge is 2.24. The van der Waals surface area contributed by atoms with Crippen LogP contribution in [0.25, 0.3) is 88.0 Å². The van der Waals surface area contributed by atoms with E-state index in [4.69, 9.17) is 4.42 Å². The second-order valence-corrected chi connectivity index (χ2v) is 12.2. The number of hydrogen-bond donors (Lipinski definition) is 1. The quantitative estimate of drug-likeness (QED) is 0.203. The van der Waals surface area contributed by atoms with Gasteiger partial charge in [-0.3, -0.25) is 0 Å². The van der Waals surface area contributed by atoms with Crippen molar-refractivity contribution < 1.29 is 9.52 Å². The van der Waals surface area contributed by atoms with Crippen molar-refractivity contribution in [3.63, 3.8) is 0 Å². The van der Waals surface area contributed by atoms with Gasteiger partial charge in [0.05, 0.1) is 0 Å². The van der Waals surface area contributed by atoms with Gasteiger partial charge in [-0.05, 0) is 80.0 Å². The number of phenolic OH excluding ortho intramolecular Hbond substituents is 1. The third-order valence-electron chi connectivity index (χ3n) is 9.58. The van der Waals surface area contributed by atoms with E-state index in [1.165, 1.54) is 33.0 Å². The number of fused-ring (bicyclic) bond motifs is 5. The summed E-state index contributed by atoms with van der Waals surface area (Å²) in [5, 5.41) is 17.9. The van der Waals surface area contributed by atoms with Crippen LogP contribution in [0.1, 0.15) is 5.56 Å². The van der Waals surface area contributed by atoms with Crippen molar-refractivity contribution in [3.05, 3.63) is 163 Å². The SMILES string of the molecule is Cc1c(-c2ccccc2O)cc(-c2c3ccccc3c(-c3ccccc3-c3ccccc3)c3ccccc23)c2oc3ccccc3c12. The van der Waals surface area contributed by atoms with E-state index >= 15 is 0 Å². The minimum absolute atomic E-state index is 0.260. The van der Waals surface area contributed by atoms with E-state index in [1.807, 2.05) is 30.3 Å². The lowest BCUT2D eigenvalue weighted by Crippen LogP contribution is -1.94. The molecule has 9 aromatic rings. The summed E-state index contributed by atoms with van der Waals surface area (Å²) in [6, 6.07) is 54.9. The first kappa shape index (κ1) is 27.2. The maximum absolute atomic E-state index is 11.1. The number of para-hydroxylation sites is 2. The number of aromatic hydroxyl groups is 1. The molecule has 0 radical (unpaired) electrons. The fourth-order valence-electron chi connectivity index (χ4n) is 7.51. The lowest BCUT2D eigenvalue weighted by Gasteiger charge is -2.20. The molecule has 0 bridgehead atoms. The van der Waals surface area contributed by atoms with E-state index in [-0.39, 0.29) is 5.75 Å². The monoisotopic (exact) mass is 602 g/mol. The van der Waals surface area contributed by atoms with Crippen LogP contribution in [0.15, 0.2) is 162 Å². The van der Waals surface area contributed by atoms with Crippen LogP contribution in [-0.2, 0) is 0 Å². The normalized spacial score (nSPS) is 11.6. The van der Waals surface area contributed by atoms with Crippen LogP contribution in [0, 0.1) is 6.92 Å². The first-order chi connectivity index (χ1) is 23.2. The molecule has 9 rings (SSSR count). The molecule has 0 aliphatic carbocycles. The summed E-state index contributed by atoms with van der Waals surface area (Å²) in [4.78, 5) is 0. The lowest BCUT2D eigenvalue weighted by atomic mass is 9.82. The van der Waals surface area contributed by atoms with Gasteiger partial charge in [-0.15, -0.1) is 0 Å². The third kappa shape index (κ3) is 4.19. The molecule has 0 unspecified atom stereocenters. The van der Waals surface area contributed by atoms with E-state index in [2.05, 4.69) is 128 Å². The highest BCUT2D eigenvalue weighted by Crippen LogP contribution is 2.50. The minimum atomic E-state index is 0.260. The Bertz CT molecular complexity index is 2590. The number of phenols is 1. The predicted molar refractivity (Wildman–Crippen MR) is 197 cm³/mol. The van der Waals surface area contributed by atoms with Crippen LogP contribution in [0.4, 0.5) is 0 Å². The average molecular weight is 603 g/mol. The largest absolute Gasteiger partial charge is 0.507 e. The van der Waals surface area contributed by atoms with E-state index in [0.29, 0.717) is 0 Å². The Balaban J connectivity index is 1.46. The van der Waals surface area contributed by atoms with Crippen molar-refractivity contribution in [1.82, 2.24) is 0 Å². The second-order valence-electron chi connectivity index (χ2n) is 12.2. The zero-order valence-electron chi connectivity index (χ0n) is 25.9. The third-order valence-corrected chi connectivity index (χ3v) is 9.58. The first-order valence-corrected chi connectivity index (χ1v) is 16.0. The van der Waals surface area contributed by atoms with Gasteiger partial charge >= 0.3 is 0 Å². The molecule has 8 aromatic carbocycles. The van der Waals surface area contributed by atoms with Gasteiger partial charge in [0.15, 0.2) is 0 Å². The number of benzene rings is 8. The summed E-state index contributed by atoms with van der Waals surface area (Å²) in [7, 11) is 0. The summed E-state index contributed by atoms with van der Waals surface area (Å²) in [6.45, 7) is 2.13. The van der Waals surface area contributed by atoms with E-state index in [9.17, 15) is 5.11 Å². The van der Waals surface area contributed by atoms with Crippen molar-refractivity contribution in [2.45, 2.75) is 6.92 Å². The summed E-state index contributed by atoms with van der Waals surface area (Å²) in [5.41, 5.74) is 11.5.